The van der Waals surface area contributed by atoms with E-state index in [9.17, 15) is 9.59 Å². The largest absolute Gasteiger partial charge is 0.396 e. The third-order valence-corrected chi connectivity index (χ3v) is 6.13. The van der Waals surface area contributed by atoms with Gasteiger partial charge in [0.15, 0.2) is 0 Å². The van der Waals surface area contributed by atoms with Crippen molar-refractivity contribution in [1.29, 1.82) is 0 Å². The number of aliphatic hydroxyl groups is 1. The van der Waals surface area contributed by atoms with Gasteiger partial charge >= 0.3 is 0 Å². The van der Waals surface area contributed by atoms with E-state index in [2.05, 4.69) is 33.3 Å². The van der Waals surface area contributed by atoms with Crippen LogP contribution in [0.4, 0.5) is 5.69 Å². The molecule has 140 valence electrons. The Balaban J connectivity index is 1.47. The lowest BCUT2D eigenvalue weighted by Crippen LogP contribution is -2.50. The van der Waals surface area contributed by atoms with E-state index in [1.807, 2.05) is 0 Å². The van der Waals surface area contributed by atoms with Crippen LogP contribution < -0.4 is 10.2 Å². The lowest BCUT2D eigenvalue weighted by atomic mass is 9.93. The molecule has 2 amide bonds. The summed E-state index contributed by atoms with van der Waals surface area (Å²) in [5.74, 6) is 0.322. The van der Waals surface area contributed by atoms with Gasteiger partial charge in [0, 0.05) is 44.9 Å². The summed E-state index contributed by atoms with van der Waals surface area (Å²) in [5.41, 5.74) is 3.92. The fourth-order valence-corrected chi connectivity index (χ4v) is 4.62. The molecular formula is C20H27N3O3. The molecule has 0 bridgehead atoms. The van der Waals surface area contributed by atoms with Gasteiger partial charge in [-0.25, -0.2) is 0 Å². The van der Waals surface area contributed by atoms with Crippen molar-refractivity contribution < 1.29 is 14.7 Å². The van der Waals surface area contributed by atoms with Crippen LogP contribution >= 0.6 is 0 Å². The molecule has 0 saturated carbocycles. The maximum Gasteiger partial charge on any atom is 0.243 e. The van der Waals surface area contributed by atoms with E-state index in [0.717, 1.165) is 45.4 Å². The number of rotatable bonds is 4. The first-order chi connectivity index (χ1) is 12.7. The van der Waals surface area contributed by atoms with Crippen LogP contribution in [0, 0.1) is 5.92 Å². The van der Waals surface area contributed by atoms with Crippen LogP contribution in [0.25, 0.3) is 0 Å². The van der Waals surface area contributed by atoms with Gasteiger partial charge in [-0.2, -0.15) is 0 Å². The van der Waals surface area contributed by atoms with Crippen molar-refractivity contribution >= 4 is 17.5 Å². The van der Waals surface area contributed by atoms with Crippen LogP contribution in [0.5, 0.6) is 0 Å². The second-order valence-electron chi connectivity index (χ2n) is 7.73. The van der Waals surface area contributed by atoms with Gasteiger partial charge in [-0.1, -0.05) is 12.1 Å². The van der Waals surface area contributed by atoms with Crippen molar-refractivity contribution in [3.05, 3.63) is 29.3 Å². The number of hydrogen-bond donors (Lipinski definition) is 2. The predicted molar refractivity (Wildman–Crippen MR) is 98.5 cm³/mol. The number of amides is 2. The molecule has 4 rings (SSSR count). The number of imide groups is 1. The average Bonchev–Trinajstić information content (AvgIpc) is 3.06. The lowest BCUT2D eigenvalue weighted by molar-refractivity contribution is -0.137. The zero-order chi connectivity index (χ0) is 18.1. The molecule has 1 aromatic carbocycles. The van der Waals surface area contributed by atoms with Crippen molar-refractivity contribution in [3.63, 3.8) is 0 Å². The van der Waals surface area contributed by atoms with E-state index in [1.165, 1.54) is 16.8 Å². The number of anilines is 1. The van der Waals surface area contributed by atoms with Gasteiger partial charge in [0.25, 0.3) is 0 Å². The molecule has 3 aliphatic rings. The number of hydrogen-bond acceptors (Lipinski definition) is 5. The minimum atomic E-state index is -0.205. The Kier molecular flexibility index (Phi) is 4.96. The second-order valence-corrected chi connectivity index (χ2v) is 7.73. The Labute approximate surface area is 154 Å². The van der Waals surface area contributed by atoms with E-state index in [1.54, 1.807) is 0 Å². The van der Waals surface area contributed by atoms with Crippen LogP contribution in [0.1, 0.15) is 43.2 Å². The summed E-state index contributed by atoms with van der Waals surface area (Å²) in [5, 5.41) is 11.6. The van der Waals surface area contributed by atoms with E-state index >= 15 is 0 Å². The van der Waals surface area contributed by atoms with E-state index in [-0.39, 0.29) is 24.5 Å². The highest BCUT2D eigenvalue weighted by atomic mass is 16.3. The maximum absolute atomic E-state index is 12.2. The molecule has 2 fully saturated rings. The molecule has 0 aliphatic carbocycles. The molecule has 2 N–H and O–H groups in total. The van der Waals surface area contributed by atoms with Crippen molar-refractivity contribution in [3.8, 4) is 0 Å². The van der Waals surface area contributed by atoms with Gasteiger partial charge in [-0.3, -0.25) is 19.8 Å². The smallest absolute Gasteiger partial charge is 0.243 e. The number of carbonyl (C=O) groups excluding carboxylic acids is 2. The van der Waals surface area contributed by atoms with Gasteiger partial charge in [0.05, 0.1) is 6.04 Å². The Morgan fingerprint density at radius 2 is 1.92 bits per heavy atom. The third-order valence-electron chi connectivity index (χ3n) is 6.13. The van der Waals surface area contributed by atoms with Crippen LogP contribution in [-0.2, 0) is 22.7 Å². The monoisotopic (exact) mass is 357 g/mol. The number of nitrogens with one attached hydrogen (secondary N) is 1. The van der Waals surface area contributed by atoms with Crippen LogP contribution in [0.15, 0.2) is 18.2 Å². The first kappa shape index (κ1) is 17.5. The maximum atomic E-state index is 12.2. The molecule has 0 radical (unpaired) electrons. The van der Waals surface area contributed by atoms with Crippen LogP contribution in [-0.4, -0.2) is 47.6 Å². The summed E-state index contributed by atoms with van der Waals surface area (Å²) in [6.07, 6.45) is 4.20. The Morgan fingerprint density at radius 3 is 2.65 bits per heavy atom. The van der Waals surface area contributed by atoms with Gasteiger partial charge < -0.3 is 10.0 Å². The number of fused-ring (bicyclic) bond motifs is 1. The SMILES string of the molecule is O=C1CCC(N2Cc3cccc(N4CCC(CCO)CC4)c3C2)C(=O)N1. The molecule has 1 unspecified atom stereocenters. The number of carbonyl (C=O) groups is 2. The molecule has 3 aliphatic heterocycles. The second kappa shape index (κ2) is 7.37. The minimum Gasteiger partial charge on any atom is -0.396 e. The number of nitrogens with zero attached hydrogens (tertiary/aromatic N) is 2. The molecule has 2 saturated heterocycles. The fraction of sp³-hybridized carbons (Fsp3) is 0.600. The first-order valence-electron chi connectivity index (χ1n) is 9.70. The average molecular weight is 357 g/mol. The molecule has 6 nitrogen and oxygen atoms in total. The summed E-state index contributed by atoms with van der Waals surface area (Å²) in [4.78, 5) is 28.3. The summed E-state index contributed by atoms with van der Waals surface area (Å²) >= 11 is 0. The van der Waals surface area contributed by atoms with Crippen molar-refractivity contribution in [1.82, 2.24) is 10.2 Å². The minimum absolute atomic E-state index is 0.152. The van der Waals surface area contributed by atoms with Crippen molar-refractivity contribution in [2.45, 2.75) is 51.2 Å². The lowest BCUT2D eigenvalue weighted by Gasteiger charge is -2.35. The predicted octanol–water partition coefficient (Wildman–Crippen LogP) is 1.41. The number of benzene rings is 1. The molecule has 6 heteroatoms. The molecular weight excluding hydrogens is 330 g/mol. The van der Waals surface area contributed by atoms with Gasteiger partial charge in [0.2, 0.25) is 11.8 Å². The van der Waals surface area contributed by atoms with Crippen molar-refractivity contribution in [2.24, 2.45) is 5.92 Å². The number of piperidine rings is 2. The van der Waals surface area contributed by atoms with Gasteiger partial charge in [-0.05, 0) is 48.8 Å². The highest BCUT2D eigenvalue weighted by Crippen LogP contribution is 2.35. The summed E-state index contributed by atoms with van der Waals surface area (Å²) < 4.78 is 0. The summed E-state index contributed by atoms with van der Waals surface area (Å²) in [6.45, 7) is 3.89. The van der Waals surface area contributed by atoms with Gasteiger partial charge in [0.1, 0.15) is 0 Å². The third kappa shape index (κ3) is 3.35. The highest BCUT2D eigenvalue weighted by molar-refractivity contribution is 6.00. The Hall–Kier alpha value is -1.92. The highest BCUT2D eigenvalue weighted by Gasteiger charge is 2.36. The normalized spacial score (nSPS) is 24.7. The van der Waals surface area contributed by atoms with Gasteiger partial charge in [-0.15, -0.1) is 0 Å². The molecule has 26 heavy (non-hydrogen) atoms. The summed E-state index contributed by atoms with van der Waals surface area (Å²) in [6, 6.07) is 6.26. The zero-order valence-corrected chi connectivity index (χ0v) is 15.1. The quantitative estimate of drug-likeness (QED) is 0.797. The molecule has 0 aromatic heterocycles. The topological polar surface area (TPSA) is 72.9 Å². The first-order valence-corrected chi connectivity index (χ1v) is 9.70. The zero-order valence-electron chi connectivity index (χ0n) is 15.1. The van der Waals surface area contributed by atoms with E-state index < -0.39 is 0 Å². The Morgan fingerprint density at radius 1 is 1.12 bits per heavy atom. The van der Waals surface area contributed by atoms with Crippen molar-refractivity contribution in [2.75, 3.05) is 24.6 Å². The van der Waals surface area contributed by atoms with Crippen LogP contribution in [0.2, 0.25) is 0 Å². The molecule has 3 heterocycles. The molecule has 0 spiro atoms. The van der Waals surface area contributed by atoms with E-state index in [4.69, 9.17) is 5.11 Å². The number of aliphatic hydroxyl groups excluding tert-OH is 1. The van der Waals surface area contributed by atoms with Crippen LogP contribution in [0.3, 0.4) is 0 Å². The standard InChI is InChI=1S/C20H27N3O3/c24-11-8-14-6-9-22(10-7-14)17-3-1-2-15-12-23(13-16(15)17)18-4-5-19(25)21-20(18)26/h1-3,14,18,24H,4-13H2,(H,21,25,26). The Bertz CT molecular complexity index is 698. The molecule has 1 aromatic rings. The van der Waals surface area contributed by atoms with E-state index in [0.29, 0.717) is 18.8 Å². The fourth-order valence-electron chi connectivity index (χ4n) is 4.62. The molecule has 1 atom stereocenters. The summed E-state index contributed by atoms with van der Waals surface area (Å²) in [7, 11) is 0.